The van der Waals surface area contributed by atoms with Crippen molar-refractivity contribution in [2.45, 2.75) is 0 Å². The Morgan fingerprint density at radius 1 is 0.605 bits per heavy atom. The van der Waals surface area contributed by atoms with Crippen LogP contribution < -0.4 is 18.9 Å². The summed E-state index contributed by atoms with van der Waals surface area (Å²) in [6, 6.07) is 20.3. The van der Waals surface area contributed by atoms with Gasteiger partial charge in [-0.15, -0.1) is 0 Å². The van der Waals surface area contributed by atoms with Crippen LogP contribution in [0.5, 0.6) is 34.5 Å². The van der Waals surface area contributed by atoms with E-state index in [4.69, 9.17) is 24.1 Å². The van der Waals surface area contributed by atoms with E-state index in [0.717, 1.165) is 12.1 Å². The van der Waals surface area contributed by atoms with Crippen LogP contribution in [0.3, 0.4) is 0 Å². The van der Waals surface area contributed by atoms with Gasteiger partial charge >= 0.3 is 11.9 Å². The summed E-state index contributed by atoms with van der Waals surface area (Å²) >= 11 is 0. The van der Waals surface area contributed by atoms with Crippen molar-refractivity contribution in [3.63, 3.8) is 0 Å². The minimum absolute atomic E-state index is 0.0208. The van der Waals surface area contributed by atoms with Crippen molar-refractivity contribution in [1.29, 1.82) is 0 Å². The number of nitro benzene ring substituents is 2. The molecule has 14 heteroatoms. The fourth-order valence-electron chi connectivity index (χ4n) is 3.42. The van der Waals surface area contributed by atoms with Crippen molar-refractivity contribution >= 4 is 23.3 Å². The van der Waals surface area contributed by atoms with Gasteiger partial charge in [0.1, 0.15) is 45.6 Å². The zero-order valence-electron chi connectivity index (χ0n) is 22.9. The second-order valence-electron chi connectivity index (χ2n) is 8.23. The molecule has 0 aliphatic heterocycles. The largest absolute Gasteiger partial charge is 0.497 e. The number of hydrogen-bond donors (Lipinski definition) is 1. The van der Waals surface area contributed by atoms with Crippen LogP contribution in [0.25, 0.3) is 0 Å². The number of ether oxygens (including phenoxy) is 5. The minimum atomic E-state index is -1.30. The number of benzene rings is 4. The summed E-state index contributed by atoms with van der Waals surface area (Å²) in [6.45, 7) is 0. The minimum Gasteiger partial charge on any atom is -0.497 e. The molecule has 0 saturated heterocycles. The predicted molar refractivity (Wildman–Crippen MR) is 151 cm³/mol. The first-order valence-corrected chi connectivity index (χ1v) is 12.1. The average molecular weight is 593 g/mol. The van der Waals surface area contributed by atoms with Crippen LogP contribution >= 0.6 is 0 Å². The summed E-state index contributed by atoms with van der Waals surface area (Å²) < 4.78 is 25.7. The lowest BCUT2D eigenvalue weighted by Crippen LogP contribution is -2.04. The summed E-state index contributed by atoms with van der Waals surface area (Å²) in [5.74, 6) is 0.316. The van der Waals surface area contributed by atoms with Gasteiger partial charge < -0.3 is 28.8 Å². The molecule has 4 aromatic rings. The molecule has 0 atom stereocenters. The van der Waals surface area contributed by atoms with E-state index in [1.54, 1.807) is 55.6 Å². The fourth-order valence-corrected chi connectivity index (χ4v) is 3.42. The Labute approximate surface area is 243 Å². The van der Waals surface area contributed by atoms with Crippen LogP contribution in [0, 0.1) is 20.2 Å². The standard InChI is InChI=1S/C15H13NO6.C14H11NO6/c1-20-11-4-6-12(7-5-11)22-14-8-3-10(16(18)19)9-13(14)15(17)21-2;1-20-10-3-5-11(6-4-10)21-13-7-2-9(15(18)19)8-12(13)14(16)17/h3-9H,1-2H3;2-8H,1H3,(H,16,17). The van der Waals surface area contributed by atoms with Crippen LogP contribution in [-0.2, 0) is 4.74 Å². The van der Waals surface area contributed by atoms with Gasteiger partial charge in [0.15, 0.2) is 0 Å². The SMILES string of the molecule is COC(=O)c1cc([N+](=O)[O-])ccc1Oc1ccc(OC)cc1.COc1ccc(Oc2ccc([N+](=O)[O-])cc2C(=O)O)cc1. The third-order valence-electron chi connectivity index (χ3n) is 5.56. The summed E-state index contributed by atoms with van der Waals surface area (Å²) in [4.78, 5) is 43.1. The molecule has 4 rings (SSSR count). The monoisotopic (exact) mass is 592 g/mol. The maximum Gasteiger partial charge on any atom is 0.341 e. The van der Waals surface area contributed by atoms with E-state index >= 15 is 0 Å². The molecule has 222 valence electrons. The third kappa shape index (κ3) is 8.40. The van der Waals surface area contributed by atoms with Gasteiger partial charge in [-0.25, -0.2) is 9.59 Å². The lowest BCUT2D eigenvalue weighted by molar-refractivity contribution is -0.385. The predicted octanol–water partition coefficient (Wildman–Crippen LogP) is 6.28. The molecule has 0 heterocycles. The number of methoxy groups -OCH3 is 3. The average Bonchev–Trinajstić information content (AvgIpc) is 3.01. The topological polar surface area (TPSA) is 187 Å². The van der Waals surface area contributed by atoms with Gasteiger partial charge in [0.25, 0.3) is 11.4 Å². The number of carbonyl (C=O) groups is 2. The van der Waals surface area contributed by atoms with Gasteiger partial charge in [-0.2, -0.15) is 0 Å². The van der Waals surface area contributed by atoms with Gasteiger partial charge in [-0.1, -0.05) is 0 Å². The summed E-state index contributed by atoms with van der Waals surface area (Å²) in [7, 11) is 4.26. The Hall–Kier alpha value is -6.18. The first-order chi connectivity index (χ1) is 20.6. The molecule has 0 aliphatic carbocycles. The molecule has 0 saturated carbocycles. The number of non-ortho nitro benzene ring substituents is 2. The highest BCUT2D eigenvalue weighted by Crippen LogP contribution is 2.31. The van der Waals surface area contributed by atoms with E-state index in [1.165, 1.54) is 38.5 Å². The third-order valence-corrected chi connectivity index (χ3v) is 5.56. The van der Waals surface area contributed by atoms with Crippen molar-refractivity contribution in [1.82, 2.24) is 0 Å². The molecule has 43 heavy (non-hydrogen) atoms. The maximum atomic E-state index is 11.8. The molecule has 0 aromatic heterocycles. The van der Waals surface area contributed by atoms with Crippen LogP contribution in [0.15, 0.2) is 84.9 Å². The zero-order valence-corrected chi connectivity index (χ0v) is 22.9. The van der Waals surface area contributed by atoms with E-state index in [1.807, 2.05) is 0 Å². The Morgan fingerprint density at radius 3 is 1.33 bits per heavy atom. The molecule has 0 bridgehead atoms. The summed E-state index contributed by atoms with van der Waals surface area (Å²) in [5, 5.41) is 30.6. The van der Waals surface area contributed by atoms with Gasteiger partial charge in [0.2, 0.25) is 0 Å². The van der Waals surface area contributed by atoms with Gasteiger partial charge in [0.05, 0.1) is 31.2 Å². The Balaban J connectivity index is 0.000000236. The number of carbonyl (C=O) groups excluding carboxylic acids is 1. The summed E-state index contributed by atoms with van der Waals surface area (Å²) in [5.41, 5.74) is -0.829. The number of carboxylic acid groups (broad SMARTS) is 1. The molecule has 0 aliphatic rings. The van der Waals surface area contributed by atoms with E-state index in [9.17, 15) is 29.8 Å². The highest BCUT2D eigenvalue weighted by atomic mass is 16.6. The van der Waals surface area contributed by atoms with Gasteiger partial charge in [-0.3, -0.25) is 20.2 Å². The molecule has 0 spiro atoms. The number of carboxylic acids is 1. The van der Waals surface area contributed by atoms with Crippen LogP contribution in [-0.4, -0.2) is 48.2 Å². The highest BCUT2D eigenvalue weighted by Gasteiger charge is 2.19. The lowest BCUT2D eigenvalue weighted by atomic mass is 10.2. The molecule has 0 radical (unpaired) electrons. The van der Waals surface area contributed by atoms with Crippen molar-refractivity contribution < 1.29 is 48.2 Å². The van der Waals surface area contributed by atoms with Crippen molar-refractivity contribution in [3.05, 3.63) is 116 Å². The summed E-state index contributed by atoms with van der Waals surface area (Å²) in [6.07, 6.45) is 0. The highest BCUT2D eigenvalue weighted by molar-refractivity contribution is 5.93. The van der Waals surface area contributed by atoms with Crippen molar-refractivity contribution in [2.75, 3.05) is 21.3 Å². The number of esters is 1. The molecule has 0 fully saturated rings. The van der Waals surface area contributed by atoms with Gasteiger partial charge in [-0.05, 0) is 60.7 Å². The van der Waals surface area contributed by atoms with Gasteiger partial charge in [0, 0.05) is 24.3 Å². The quantitative estimate of drug-likeness (QED) is 0.124. The maximum absolute atomic E-state index is 11.8. The van der Waals surface area contributed by atoms with Crippen LogP contribution in [0.2, 0.25) is 0 Å². The van der Waals surface area contributed by atoms with E-state index in [0.29, 0.717) is 23.0 Å². The van der Waals surface area contributed by atoms with Crippen LogP contribution in [0.4, 0.5) is 11.4 Å². The number of nitrogens with zero attached hydrogens (tertiary/aromatic N) is 2. The number of hydrogen-bond acceptors (Lipinski definition) is 11. The second-order valence-corrected chi connectivity index (χ2v) is 8.23. The smallest absolute Gasteiger partial charge is 0.341 e. The lowest BCUT2D eigenvalue weighted by Gasteiger charge is -2.10. The van der Waals surface area contributed by atoms with Crippen molar-refractivity contribution in [2.24, 2.45) is 0 Å². The normalized spacial score (nSPS) is 9.93. The number of rotatable bonds is 10. The van der Waals surface area contributed by atoms with E-state index in [-0.39, 0.29) is 34.0 Å². The van der Waals surface area contributed by atoms with E-state index < -0.39 is 21.8 Å². The first-order valence-electron chi connectivity index (χ1n) is 12.1. The van der Waals surface area contributed by atoms with Crippen molar-refractivity contribution in [3.8, 4) is 34.5 Å². The zero-order chi connectivity index (χ0) is 31.5. The first kappa shape index (κ1) is 31.3. The molecule has 4 aromatic carbocycles. The Morgan fingerprint density at radius 2 is 0.977 bits per heavy atom. The second kappa shape index (κ2) is 14.5. The van der Waals surface area contributed by atoms with Crippen LogP contribution in [0.1, 0.15) is 20.7 Å². The Kier molecular flexibility index (Phi) is 10.5. The molecule has 1 N–H and O–H groups in total. The number of nitro groups is 2. The molecular weight excluding hydrogens is 568 g/mol. The molecule has 0 amide bonds. The number of aromatic carboxylic acids is 1. The molecular formula is C29H24N2O12. The molecule has 14 nitrogen and oxygen atoms in total. The molecule has 0 unspecified atom stereocenters. The fraction of sp³-hybridized carbons (Fsp3) is 0.103. The van der Waals surface area contributed by atoms with E-state index in [2.05, 4.69) is 4.74 Å². The Bertz CT molecular complexity index is 1620.